The molecule has 2 heterocycles. The Morgan fingerprint density at radius 1 is 1.23 bits per heavy atom. The first kappa shape index (κ1) is 22.6. The minimum atomic E-state index is -0.858. The van der Waals surface area contributed by atoms with Gasteiger partial charge in [-0.05, 0) is 67.0 Å². The number of carbonyl (C=O) groups is 1. The van der Waals surface area contributed by atoms with E-state index in [-0.39, 0.29) is 0 Å². The average Bonchev–Trinajstić information content (AvgIpc) is 3.18. The summed E-state index contributed by atoms with van der Waals surface area (Å²) in [7, 11) is 0. The van der Waals surface area contributed by atoms with Crippen LogP contribution in [0.5, 0.6) is 0 Å². The van der Waals surface area contributed by atoms with Gasteiger partial charge < -0.3 is 5.11 Å². The number of rotatable bonds is 4. The van der Waals surface area contributed by atoms with E-state index >= 15 is 0 Å². The molecule has 0 spiro atoms. The molecule has 0 aromatic carbocycles. The second-order valence-corrected chi connectivity index (χ2v) is 10.9. The molecule has 1 aromatic heterocycles. The Hall–Kier alpha value is -1.57. The standard InChI is InChI=1S/C21H27NO2S.C6H10/c1-4-15-13-25-20(21(23)24)19(15)17-10-11-22(5-2)12-18(17)16-8-6-14(3)7-9-16;1-2-5-4-6(5)3-1/h1,13-14,16H,5-12H2,2-3H3,(H,23,24);5-6H,1-4H2. The molecule has 4 heteroatoms. The maximum atomic E-state index is 11.7. The number of likely N-dealkylation sites (N-methyl/N-ethyl adjacent to an activating group) is 1. The molecule has 0 amide bonds. The lowest BCUT2D eigenvalue weighted by molar-refractivity contribution is 0.0701. The largest absolute Gasteiger partial charge is 0.477 e. The SMILES string of the molecule is C#Cc1csc(C(=O)O)c1C1=C(C2CCC(C)CC2)CN(CC)CC1.C1CC2CC2C1. The molecule has 0 radical (unpaired) electrons. The number of terminal acetylenes is 1. The molecule has 1 aliphatic heterocycles. The fourth-order valence-corrected chi connectivity index (χ4v) is 6.84. The van der Waals surface area contributed by atoms with Crippen molar-refractivity contribution in [2.24, 2.45) is 23.7 Å². The maximum absolute atomic E-state index is 11.7. The van der Waals surface area contributed by atoms with Crippen LogP contribution in [0.3, 0.4) is 0 Å². The second kappa shape index (κ2) is 9.92. The van der Waals surface area contributed by atoms with Crippen LogP contribution in [0, 0.1) is 36.0 Å². The third-order valence-electron chi connectivity index (χ3n) is 8.08. The fourth-order valence-electron chi connectivity index (χ4n) is 5.97. The molecule has 0 saturated heterocycles. The van der Waals surface area contributed by atoms with Crippen LogP contribution in [0.1, 0.15) is 92.4 Å². The molecular weight excluding hydrogens is 402 g/mol. The third-order valence-corrected chi connectivity index (χ3v) is 9.04. The normalized spacial score (nSPS) is 30.2. The lowest BCUT2D eigenvalue weighted by Crippen LogP contribution is -2.34. The van der Waals surface area contributed by atoms with Crippen LogP contribution < -0.4 is 0 Å². The van der Waals surface area contributed by atoms with Gasteiger partial charge in [-0.15, -0.1) is 17.8 Å². The Bertz CT molecular complexity index is 860. The molecule has 1 aromatic rings. The van der Waals surface area contributed by atoms with Gasteiger partial charge in [0.1, 0.15) is 4.88 Å². The number of nitrogens with zero attached hydrogens (tertiary/aromatic N) is 1. The van der Waals surface area contributed by atoms with Gasteiger partial charge in [-0.1, -0.05) is 51.9 Å². The molecule has 168 valence electrons. The van der Waals surface area contributed by atoms with Crippen molar-refractivity contribution >= 4 is 22.9 Å². The Morgan fingerprint density at radius 3 is 2.45 bits per heavy atom. The molecule has 3 aliphatic carbocycles. The zero-order valence-electron chi connectivity index (χ0n) is 19.2. The van der Waals surface area contributed by atoms with Crippen molar-refractivity contribution in [2.45, 2.75) is 71.6 Å². The minimum absolute atomic E-state index is 0.412. The van der Waals surface area contributed by atoms with Crippen molar-refractivity contribution in [1.82, 2.24) is 4.90 Å². The first-order chi connectivity index (χ1) is 15.0. The van der Waals surface area contributed by atoms with E-state index in [1.165, 1.54) is 66.4 Å². The van der Waals surface area contributed by atoms with Crippen molar-refractivity contribution in [3.63, 3.8) is 0 Å². The summed E-state index contributed by atoms with van der Waals surface area (Å²) in [5.41, 5.74) is 4.28. The van der Waals surface area contributed by atoms with Gasteiger partial charge in [-0.2, -0.15) is 0 Å². The first-order valence-electron chi connectivity index (χ1n) is 12.3. The van der Waals surface area contributed by atoms with Gasteiger partial charge in [0.25, 0.3) is 0 Å². The van der Waals surface area contributed by atoms with Crippen molar-refractivity contribution in [2.75, 3.05) is 19.6 Å². The highest BCUT2D eigenvalue weighted by Gasteiger charge is 2.40. The van der Waals surface area contributed by atoms with Gasteiger partial charge in [0.2, 0.25) is 0 Å². The van der Waals surface area contributed by atoms with Crippen molar-refractivity contribution in [1.29, 1.82) is 0 Å². The lowest BCUT2D eigenvalue weighted by Gasteiger charge is -2.37. The number of aromatic carboxylic acids is 1. The van der Waals surface area contributed by atoms with E-state index in [1.807, 2.05) is 5.38 Å². The van der Waals surface area contributed by atoms with Gasteiger partial charge >= 0.3 is 5.97 Å². The van der Waals surface area contributed by atoms with E-state index in [2.05, 4.69) is 24.7 Å². The summed E-state index contributed by atoms with van der Waals surface area (Å²) in [5.74, 6) is 5.68. The summed E-state index contributed by atoms with van der Waals surface area (Å²) in [6.07, 6.45) is 17.8. The highest BCUT2D eigenvalue weighted by molar-refractivity contribution is 7.12. The van der Waals surface area contributed by atoms with Crippen molar-refractivity contribution in [3.05, 3.63) is 27.0 Å². The molecule has 5 rings (SSSR count). The molecule has 4 aliphatic rings. The predicted molar refractivity (Wildman–Crippen MR) is 129 cm³/mol. The van der Waals surface area contributed by atoms with E-state index in [1.54, 1.807) is 19.3 Å². The Morgan fingerprint density at radius 2 is 1.94 bits per heavy atom. The monoisotopic (exact) mass is 439 g/mol. The van der Waals surface area contributed by atoms with Gasteiger partial charge in [0.05, 0.1) is 0 Å². The number of thiophene rings is 1. The molecule has 0 bridgehead atoms. The summed E-state index contributed by atoms with van der Waals surface area (Å²) in [4.78, 5) is 14.6. The number of carboxylic acids is 1. The van der Waals surface area contributed by atoms with E-state index in [0.29, 0.717) is 10.8 Å². The van der Waals surface area contributed by atoms with Gasteiger partial charge in [0.15, 0.2) is 0 Å². The number of fused-ring (bicyclic) bond motifs is 1. The minimum Gasteiger partial charge on any atom is -0.477 e. The quantitative estimate of drug-likeness (QED) is 0.542. The topological polar surface area (TPSA) is 40.5 Å². The first-order valence-corrected chi connectivity index (χ1v) is 13.2. The van der Waals surface area contributed by atoms with Gasteiger partial charge in [0, 0.05) is 29.6 Å². The van der Waals surface area contributed by atoms with E-state index in [9.17, 15) is 9.90 Å². The highest BCUT2D eigenvalue weighted by atomic mass is 32.1. The lowest BCUT2D eigenvalue weighted by atomic mass is 9.75. The van der Waals surface area contributed by atoms with E-state index in [0.717, 1.165) is 43.1 Å². The second-order valence-electron chi connectivity index (χ2n) is 10.1. The van der Waals surface area contributed by atoms with Crippen LogP contribution in [-0.4, -0.2) is 35.6 Å². The van der Waals surface area contributed by atoms with Crippen LogP contribution in [-0.2, 0) is 0 Å². The Labute approximate surface area is 191 Å². The predicted octanol–water partition coefficient (Wildman–Crippen LogP) is 6.54. The third kappa shape index (κ3) is 5.10. The summed E-state index contributed by atoms with van der Waals surface area (Å²) >= 11 is 1.27. The molecule has 2 unspecified atom stereocenters. The van der Waals surface area contributed by atoms with Gasteiger partial charge in [-0.25, -0.2) is 4.79 Å². The molecule has 3 fully saturated rings. The number of carboxylic acid groups (broad SMARTS) is 1. The number of hydrogen-bond acceptors (Lipinski definition) is 3. The summed E-state index contributed by atoms with van der Waals surface area (Å²) in [6, 6.07) is 0. The van der Waals surface area contributed by atoms with Crippen molar-refractivity contribution < 1.29 is 9.90 Å². The molecular formula is C27H37NO2S. The summed E-state index contributed by atoms with van der Waals surface area (Å²) < 4.78 is 0. The summed E-state index contributed by atoms with van der Waals surface area (Å²) in [5, 5.41) is 11.5. The fraction of sp³-hybridized carbons (Fsp3) is 0.667. The maximum Gasteiger partial charge on any atom is 0.346 e. The van der Waals surface area contributed by atoms with Crippen LogP contribution in [0.4, 0.5) is 0 Å². The smallest absolute Gasteiger partial charge is 0.346 e. The zero-order chi connectivity index (χ0) is 22.0. The molecule has 3 nitrogen and oxygen atoms in total. The molecule has 31 heavy (non-hydrogen) atoms. The van der Waals surface area contributed by atoms with Crippen LogP contribution in [0.15, 0.2) is 11.0 Å². The molecule has 3 saturated carbocycles. The van der Waals surface area contributed by atoms with Crippen molar-refractivity contribution in [3.8, 4) is 12.3 Å². The van der Waals surface area contributed by atoms with E-state index in [4.69, 9.17) is 6.42 Å². The zero-order valence-corrected chi connectivity index (χ0v) is 20.0. The van der Waals surface area contributed by atoms with E-state index < -0.39 is 5.97 Å². The Balaban J connectivity index is 0.000000325. The Kier molecular flexibility index (Phi) is 7.24. The average molecular weight is 440 g/mol. The molecule has 1 N–H and O–H groups in total. The highest BCUT2D eigenvalue weighted by Crippen LogP contribution is 2.51. The molecule has 2 atom stereocenters. The van der Waals surface area contributed by atoms with Gasteiger partial charge in [-0.3, -0.25) is 4.90 Å². The van der Waals surface area contributed by atoms with Crippen LogP contribution >= 0.6 is 11.3 Å². The summed E-state index contributed by atoms with van der Waals surface area (Å²) in [6.45, 7) is 7.52. The van der Waals surface area contributed by atoms with Crippen LogP contribution in [0.2, 0.25) is 0 Å². The van der Waals surface area contributed by atoms with Crippen LogP contribution in [0.25, 0.3) is 5.57 Å². The number of hydrogen-bond donors (Lipinski definition) is 1.